The number of phenols is 1. The SMILES string of the molecule is CC(C)(C)OC(=O)Nc1ccc(O)cc1C(=O)C(F)(F)F. The predicted molar refractivity (Wildman–Crippen MR) is 68.3 cm³/mol. The topological polar surface area (TPSA) is 75.6 Å². The molecule has 8 heteroatoms. The van der Waals surface area contributed by atoms with Gasteiger partial charge in [0.2, 0.25) is 0 Å². The largest absolute Gasteiger partial charge is 0.508 e. The van der Waals surface area contributed by atoms with Gasteiger partial charge in [-0.2, -0.15) is 13.2 Å². The Morgan fingerprint density at radius 2 is 1.76 bits per heavy atom. The average molecular weight is 305 g/mol. The van der Waals surface area contributed by atoms with Crippen LogP contribution in [-0.4, -0.2) is 28.8 Å². The summed E-state index contributed by atoms with van der Waals surface area (Å²) in [6.07, 6.45) is -6.14. The van der Waals surface area contributed by atoms with Gasteiger partial charge in [-0.25, -0.2) is 4.79 Å². The van der Waals surface area contributed by atoms with Gasteiger partial charge in [0.1, 0.15) is 11.4 Å². The maximum Gasteiger partial charge on any atom is 0.454 e. The number of hydrogen-bond acceptors (Lipinski definition) is 4. The molecule has 1 amide bonds. The number of hydrogen-bond donors (Lipinski definition) is 2. The number of amides is 1. The van der Waals surface area contributed by atoms with Crippen LogP contribution in [0, 0.1) is 0 Å². The van der Waals surface area contributed by atoms with E-state index in [1.54, 1.807) is 20.8 Å². The summed E-state index contributed by atoms with van der Waals surface area (Å²) in [5.41, 5.74) is -2.12. The highest BCUT2D eigenvalue weighted by Gasteiger charge is 2.40. The van der Waals surface area contributed by atoms with Crippen LogP contribution in [0.1, 0.15) is 31.1 Å². The number of ketones is 1. The number of ether oxygens (including phenoxy) is 1. The summed E-state index contributed by atoms with van der Waals surface area (Å²) in [7, 11) is 0. The summed E-state index contributed by atoms with van der Waals surface area (Å²) in [6, 6.07) is 2.65. The number of aromatic hydroxyl groups is 1. The first-order valence-electron chi connectivity index (χ1n) is 5.85. The van der Waals surface area contributed by atoms with E-state index in [1.807, 2.05) is 0 Å². The molecule has 0 bridgehead atoms. The predicted octanol–water partition coefficient (Wildman–Crippen LogP) is 3.48. The van der Waals surface area contributed by atoms with Crippen molar-refractivity contribution in [3.05, 3.63) is 23.8 Å². The second-order valence-electron chi connectivity index (χ2n) is 5.18. The van der Waals surface area contributed by atoms with Gasteiger partial charge < -0.3 is 9.84 Å². The van der Waals surface area contributed by atoms with E-state index in [0.29, 0.717) is 6.07 Å². The molecular formula is C13H14F3NO4. The number of alkyl halides is 3. The Bertz CT molecular complexity index is 562. The number of rotatable bonds is 2. The number of phenolic OH excluding ortho intramolecular Hbond substituents is 1. The quantitative estimate of drug-likeness (QED) is 0.648. The fraction of sp³-hybridized carbons (Fsp3) is 0.385. The average Bonchev–Trinajstić information content (AvgIpc) is 2.26. The first kappa shape index (κ1) is 16.8. The van der Waals surface area contributed by atoms with Crippen molar-refractivity contribution in [2.45, 2.75) is 32.5 Å². The summed E-state index contributed by atoms with van der Waals surface area (Å²) < 4.78 is 42.3. The van der Waals surface area contributed by atoms with E-state index >= 15 is 0 Å². The zero-order valence-electron chi connectivity index (χ0n) is 11.5. The summed E-state index contributed by atoms with van der Waals surface area (Å²) >= 11 is 0. The number of benzene rings is 1. The van der Waals surface area contributed by atoms with Crippen LogP contribution in [0.2, 0.25) is 0 Å². The molecule has 0 atom stereocenters. The monoisotopic (exact) mass is 305 g/mol. The van der Waals surface area contributed by atoms with Crippen molar-refractivity contribution in [1.29, 1.82) is 0 Å². The van der Waals surface area contributed by atoms with E-state index in [0.717, 1.165) is 12.1 Å². The summed E-state index contributed by atoms with van der Waals surface area (Å²) in [6.45, 7) is 4.72. The summed E-state index contributed by atoms with van der Waals surface area (Å²) in [5, 5.41) is 11.3. The molecule has 0 saturated heterocycles. The van der Waals surface area contributed by atoms with Crippen molar-refractivity contribution in [2.75, 3.05) is 5.32 Å². The maximum absolute atomic E-state index is 12.5. The van der Waals surface area contributed by atoms with E-state index in [1.165, 1.54) is 0 Å². The number of carbonyl (C=O) groups is 2. The van der Waals surface area contributed by atoms with Gasteiger partial charge in [0, 0.05) is 0 Å². The lowest BCUT2D eigenvalue weighted by atomic mass is 10.1. The molecule has 0 aliphatic heterocycles. The third-order valence-electron chi connectivity index (χ3n) is 2.14. The van der Waals surface area contributed by atoms with E-state index in [-0.39, 0.29) is 0 Å². The van der Waals surface area contributed by atoms with Crippen molar-refractivity contribution < 1.29 is 32.6 Å². The zero-order valence-corrected chi connectivity index (χ0v) is 11.5. The van der Waals surface area contributed by atoms with Crippen LogP contribution < -0.4 is 5.32 Å². The first-order valence-corrected chi connectivity index (χ1v) is 5.85. The van der Waals surface area contributed by atoms with E-state index < -0.39 is 40.7 Å². The molecule has 21 heavy (non-hydrogen) atoms. The molecule has 0 spiro atoms. The Labute approximate surface area is 118 Å². The van der Waals surface area contributed by atoms with Crippen LogP contribution in [0.3, 0.4) is 0 Å². The lowest BCUT2D eigenvalue weighted by Gasteiger charge is -2.20. The molecule has 0 saturated carbocycles. The molecule has 1 aromatic rings. The van der Waals surface area contributed by atoms with Crippen LogP contribution in [0.5, 0.6) is 5.75 Å². The lowest BCUT2D eigenvalue weighted by Crippen LogP contribution is -2.29. The molecule has 0 heterocycles. The van der Waals surface area contributed by atoms with Crippen LogP contribution in [0.4, 0.5) is 23.7 Å². The zero-order chi connectivity index (χ0) is 16.4. The van der Waals surface area contributed by atoms with Gasteiger partial charge in [-0.1, -0.05) is 0 Å². The van der Waals surface area contributed by atoms with Crippen molar-refractivity contribution in [3.8, 4) is 5.75 Å². The van der Waals surface area contributed by atoms with Gasteiger partial charge in [-0.3, -0.25) is 10.1 Å². The number of carbonyl (C=O) groups excluding carboxylic acids is 2. The van der Waals surface area contributed by atoms with Gasteiger partial charge >= 0.3 is 12.3 Å². The fourth-order valence-electron chi connectivity index (χ4n) is 1.40. The van der Waals surface area contributed by atoms with Gasteiger partial charge in [0.25, 0.3) is 5.78 Å². The third-order valence-corrected chi connectivity index (χ3v) is 2.14. The maximum atomic E-state index is 12.5. The van der Waals surface area contributed by atoms with Crippen molar-refractivity contribution in [3.63, 3.8) is 0 Å². The van der Waals surface area contributed by atoms with Crippen molar-refractivity contribution >= 4 is 17.6 Å². The fourth-order valence-corrected chi connectivity index (χ4v) is 1.40. The molecule has 0 aliphatic rings. The second-order valence-corrected chi connectivity index (χ2v) is 5.18. The third kappa shape index (κ3) is 4.97. The number of Topliss-reactive ketones (excluding diaryl/α,β-unsaturated/α-hetero) is 1. The Morgan fingerprint density at radius 3 is 2.24 bits per heavy atom. The van der Waals surface area contributed by atoms with Gasteiger partial charge in [-0.15, -0.1) is 0 Å². The first-order chi connectivity index (χ1) is 9.40. The van der Waals surface area contributed by atoms with E-state index in [9.17, 15) is 27.9 Å². The molecule has 116 valence electrons. The van der Waals surface area contributed by atoms with Crippen LogP contribution >= 0.6 is 0 Å². The number of anilines is 1. The van der Waals surface area contributed by atoms with E-state index in [4.69, 9.17) is 4.74 Å². The molecule has 5 nitrogen and oxygen atoms in total. The van der Waals surface area contributed by atoms with Crippen molar-refractivity contribution in [1.82, 2.24) is 0 Å². The Hall–Kier alpha value is -2.25. The molecule has 1 rings (SSSR count). The highest BCUT2D eigenvalue weighted by Crippen LogP contribution is 2.29. The number of halogens is 3. The molecule has 0 aliphatic carbocycles. The van der Waals surface area contributed by atoms with Gasteiger partial charge in [0.15, 0.2) is 0 Å². The minimum Gasteiger partial charge on any atom is -0.508 e. The Balaban J connectivity index is 3.09. The summed E-state index contributed by atoms with van der Waals surface area (Å²) in [4.78, 5) is 22.8. The molecule has 1 aromatic carbocycles. The molecule has 0 aromatic heterocycles. The van der Waals surface area contributed by atoms with Crippen LogP contribution in [0.25, 0.3) is 0 Å². The van der Waals surface area contributed by atoms with Crippen molar-refractivity contribution in [2.24, 2.45) is 0 Å². The number of nitrogens with one attached hydrogen (secondary N) is 1. The van der Waals surface area contributed by atoms with Gasteiger partial charge in [0.05, 0.1) is 11.3 Å². The van der Waals surface area contributed by atoms with E-state index in [2.05, 4.69) is 5.32 Å². The normalized spacial score (nSPS) is 11.9. The smallest absolute Gasteiger partial charge is 0.454 e. The molecular weight excluding hydrogens is 291 g/mol. The summed E-state index contributed by atoms with van der Waals surface area (Å²) in [5.74, 6) is -2.71. The highest BCUT2D eigenvalue weighted by molar-refractivity contribution is 6.07. The molecule has 0 unspecified atom stereocenters. The molecule has 0 radical (unpaired) electrons. The Kier molecular flexibility index (Phi) is 4.50. The molecule has 2 N–H and O–H groups in total. The molecule has 0 fully saturated rings. The minimum absolute atomic E-state index is 0.399. The standard InChI is InChI=1S/C13H14F3NO4/c1-12(2,3)21-11(20)17-9-5-4-7(18)6-8(9)10(19)13(14,15)16/h4-6,18H,1-3H3,(H,17,20). The minimum atomic E-state index is -5.13. The highest BCUT2D eigenvalue weighted by atomic mass is 19.4. The van der Waals surface area contributed by atoms with Crippen LogP contribution in [0.15, 0.2) is 18.2 Å². The Morgan fingerprint density at radius 1 is 1.19 bits per heavy atom. The lowest BCUT2D eigenvalue weighted by molar-refractivity contribution is -0.0884. The second kappa shape index (κ2) is 5.63. The van der Waals surface area contributed by atoms with Gasteiger partial charge in [-0.05, 0) is 39.0 Å². The van der Waals surface area contributed by atoms with Crippen LogP contribution in [-0.2, 0) is 4.74 Å².